The van der Waals surface area contributed by atoms with Gasteiger partial charge in [-0.15, -0.1) is 0 Å². The van der Waals surface area contributed by atoms with Crippen LogP contribution < -0.4 is 5.43 Å². The van der Waals surface area contributed by atoms with Gasteiger partial charge in [0.25, 0.3) is 5.39 Å². The van der Waals surface area contributed by atoms with Crippen molar-refractivity contribution in [2.45, 2.75) is 96.8 Å². The van der Waals surface area contributed by atoms with Crippen molar-refractivity contribution in [3.63, 3.8) is 0 Å². The first-order valence-corrected chi connectivity index (χ1v) is 8.48. The monoisotopic (exact) mass is 268 g/mol. The van der Waals surface area contributed by atoms with Crippen LogP contribution in [0.4, 0.5) is 0 Å². The first-order chi connectivity index (χ1) is 9.41. The average molecular weight is 268 g/mol. The van der Waals surface area contributed by atoms with E-state index in [2.05, 4.69) is 17.4 Å². The van der Waals surface area contributed by atoms with Crippen molar-refractivity contribution in [1.82, 2.24) is 5.43 Å². The topological polar surface area (TPSA) is 40.2 Å². The van der Waals surface area contributed by atoms with Gasteiger partial charge in [0.15, 0.2) is 0 Å². The second kappa shape index (κ2) is 17.2. The van der Waals surface area contributed by atoms with E-state index in [1.54, 1.807) is 0 Å². The minimum Gasteiger partial charge on any atom is -0.0654 e. The van der Waals surface area contributed by atoms with Gasteiger partial charge in [-0.25, -0.2) is 0 Å². The average Bonchev–Trinajstić information content (AvgIpc) is 2.43. The van der Waals surface area contributed by atoms with Crippen LogP contribution in [0, 0.1) is 5.39 Å². The molecule has 1 N–H and O–H groups in total. The summed E-state index contributed by atoms with van der Waals surface area (Å²) in [6.07, 6.45) is 19.3. The molecule has 0 aliphatic rings. The molecule has 0 saturated heterocycles. The highest BCUT2D eigenvalue weighted by molar-refractivity contribution is 4.51. The van der Waals surface area contributed by atoms with E-state index >= 15 is 0 Å². The summed E-state index contributed by atoms with van der Waals surface area (Å²) in [5, 5.41) is 11.1. The largest absolute Gasteiger partial charge is 0.302 e. The fourth-order valence-corrected chi connectivity index (χ4v) is 2.45. The molecule has 0 unspecified atom stereocenters. The van der Waals surface area contributed by atoms with Crippen LogP contribution in [0.2, 0.25) is 0 Å². The van der Waals surface area contributed by atoms with E-state index in [4.69, 9.17) is 5.39 Å². The summed E-state index contributed by atoms with van der Waals surface area (Å²) < 4.78 is 0. The van der Waals surface area contributed by atoms with Crippen molar-refractivity contribution in [3.8, 4) is 0 Å². The Labute approximate surface area is 120 Å². The third-order valence-electron chi connectivity index (χ3n) is 3.71. The predicted molar refractivity (Wildman–Crippen MR) is 83.4 cm³/mol. The third kappa shape index (κ3) is 17.2. The lowest BCUT2D eigenvalue weighted by Crippen LogP contribution is -2.03. The number of hydrogen-bond donors (Lipinski definition) is 1. The van der Waals surface area contributed by atoms with Gasteiger partial charge in [0.05, 0.1) is 6.54 Å². The Morgan fingerprint density at radius 2 is 1.00 bits per heavy atom. The van der Waals surface area contributed by atoms with Crippen LogP contribution in [0.25, 0.3) is 5.08 Å². The molecule has 0 bridgehead atoms. The summed E-state index contributed by atoms with van der Waals surface area (Å²) in [4.78, 5) is 0. The minimum atomic E-state index is 0.800. The molecule has 0 rings (SSSR count). The summed E-state index contributed by atoms with van der Waals surface area (Å²) in [5.41, 5.74) is 2.57. The van der Waals surface area contributed by atoms with Gasteiger partial charge in [-0.3, -0.25) is 0 Å². The molecule has 0 aromatic carbocycles. The Hall–Kier alpha value is -0.780. The Bertz CT molecular complexity index is 199. The maximum absolute atomic E-state index is 8.18. The molecule has 0 fully saturated rings. The fraction of sp³-hybridized carbons (Fsp3) is 1.00. The number of rotatable bonds is 15. The summed E-state index contributed by atoms with van der Waals surface area (Å²) in [5.74, 6) is 0. The summed E-state index contributed by atoms with van der Waals surface area (Å²) in [6, 6.07) is 0. The Balaban J connectivity index is 2.90. The second-order valence-electron chi connectivity index (χ2n) is 5.60. The predicted octanol–water partition coefficient (Wildman–Crippen LogP) is 5.83. The highest BCUT2D eigenvalue weighted by Gasteiger charge is 1.95. The quantitative estimate of drug-likeness (QED) is 0.231. The second-order valence-corrected chi connectivity index (χ2v) is 5.60. The van der Waals surface area contributed by atoms with Gasteiger partial charge in [0.1, 0.15) is 0 Å². The zero-order chi connectivity index (χ0) is 14.0. The summed E-state index contributed by atoms with van der Waals surface area (Å²) in [6.45, 7) is 3.08. The number of diazo groups is 1. The Morgan fingerprint density at radius 1 is 0.632 bits per heavy atom. The zero-order valence-electron chi connectivity index (χ0n) is 13.0. The van der Waals surface area contributed by atoms with E-state index in [9.17, 15) is 0 Å². The normalized spacial score (nSPS) is 10.3. The molecular weight excluding hydrogens is 234 g/mol. The van der Waals surface area contributed by atoms with Crippen molar-refractivity contribution >= 4 is 0 Å². The van der Waals surface area contributed by atoms with Crippen LogP contribution in [0.5, 0.6) is 0 Å². The van der Waals surface area contributed by atoms with Gasteiger partial charge >= 0.3 is 5.08 Å². The summed E-state index contributed by atoms with van der Waals surface area (Å²) in [7, 11) is 0. The van der Waals surface area contributed by atoms with Crippen LogP contribution in [-0.2, 0) is 0 Å². The minimum absolute atomic E-state index is 0.800. The van der Waals surface area contributed by atoms with E-state index in [0.717, 1.165) is 13.0 Å². The van der Waals surface area contributed by atoms with Crippen molar-refractivity contribution in [2.24, 2.45) is 0 Å². The van der Waals surface area contributed by atoms with Gasteiger partial charge in [0, 0.05) is 0 Å². The standard InChI is InChI=1S/C16H34N3/c1-2-3-4-5-6-7-8-9-10-11-12-13-14-15-16-18-19-17/h18H,2-16H2,1H3/q+1. The number of unbranched alkanes of at least 4 members (excludes halogenated alkanes) is 13. The molecule has 0 atom stereocenters. The molecular formula is C16H34N3+. The molecule has 19 heavy (non-hydrogen) atoms. The van der Waals surface area contributed by atoms with Gasteiger partial charge in [-0.1, -0.05) is 90.4 Å². The van der Waals surface area contributed by atoms with Gasteiger partial charge in [0.2, 0.25) is 0 Å². The lowest BCUT2D eigenvalue weighted by atomic mass is 10.0. The maximum Gasteiger partial charge on any atom is 0.302 e. The van der Waals surface area contributed by atoms with Crippen molar-refractivity contribution in [2.75, 3.05) is 6.54 Å². The van der Waals surface area contributed by atoms with E-state index in [0.29, 0.717) is 0 Å². The lowest BCUT2D eigenvalue weighted by Gasteiger charge is -2.02. The molecule has 0 spiro atoms. The first-order valence-electron chi connectivity index (χ1n) is 8.48. The van der Waals surface area contributed by atoms with E-state index in [1.165, 1.54) is 83.5 Å². The van der Waals surface area contributed by atoms with Crippen LogP contribution in [0.15, 0.2) is 0 Å². The van der Waals surface area contributed by atoms with Gasteiger partial charge < -0.3 is 0 Å². The molecule has 0 amide bonds. The third-order valence-corrected chi connectivity index (χ3v) is 3.71. The van der Waals surface area contributed by atoms with Crippen LogP contribution >= 0.6 is 0 Å². The van der Waals surface area contributed by atoms with Crippen LogP contribution in [0.3, 0.4) is 0 Å². The van der Waals surface area contributed by atoms with Gasteiger partial charge in [-0.2, -0.15) is 0 Å². The number of nitrogens with one attached hydrogen (secondary N) is 1. The Kier molecular flexibility index (Phi) is 16.5. The van der Waals surface area contributed by atoms with Crippen LogP contribution in [0.1, 0.15) is 96.8 Å². The molecule has 3 heteroatoms. The highest BCUT2D eigenvalue weighted by atomic mass is 15.3. The van der Waals surface area contributed by atoms with E-state index in [-0.39, 0.29) is 0 Å². The smallest absolute Gasteiger partial charge is 0.0654 e. The first kappa shape index (κ1) is 18.2. The fourth-order valence-electron chi connectivity index (χ4n) is 2.45. The number of hydrogen-bond acceptors (Lipinski definition) is 2. The molecule has 0 aliphatic carbocycles. The maximum atomic E-state index is 8.18. The van der Waals surface area contributed by atoms with Crippen molar-refractivity contribution in [1.29, 1.82) is 5.39 Å². The highest BCUT2D eigenvalue weighted by Crippen LogP contribution is 2.12. The summed E-state index contributed by atoms with van der Waals surface area (Å²) >= 11 is 0. The molecule has 0 radical (unpaired) electrons. The zero-order valence-corrected chi connectivity index (χ0v) is 13.0. The molecule has 112 valence electrons. The molecule has 0 aromatic heterocycles. The SMILES string of the molecule is CCCCCCCCCCCCCCCCN[N+]#N. The molecule has 0 aromatic rings. The molecule has 0 aliphatic heterocycles. The lowest BCUT2D eigenvalue weighted by molar-refractivity contribution is 0.534. The van der Waals surface area contributed by atoms with E-state index in [1.807, 2.05) is 0 Å². The van der Waals surface area contributed by atoms with Crippen LogP contribution in [-0.4, -0.2) is 6.54 Å². The van der Waals surface area contributed by atoms with E-state index < -0.39 is 0 Å². The molecule has 0 saturated carbocycles. The van der Waals surface area contributed by atoms with Gasteiger partial charge in [-0.05, 0) is 11.8 Å². The molecule has 0 heterocycles. The Morgan fingerprint density at radius 3 is 1.37 bits per heavy atom. The van der Waals surface area contributed by atoms with Crippen molar-refractivity contribution in [3.05, 3.63) is 5.08 Å². The number of nitrogens with zero attached hydrogens (tertiary/aromatic N) is 2. The molecule has 3 nitrogen and oxygen atoms in total. The van der Waals surface area contributed by atoms with Crippen molar-refractivity contribution < 1.29 is 0 Å².